The summed E-state index contributed by atoms with van der Waals surface area (Å²) in [5.74, 6) is -0.391. The van der Waals surface area contributed by atoms with Crippen LogP contribution >= 0.6 is 0 Å². The fourth-order valence-electron chi connectivity index (χ4n) is 6.29. The zero-order valence-corrected chi connectivity index (χ0v) is 27.2. The Kier molecular flexibility index (Phi) is 8.95. The second-order valence-corrected chi connectivity index (χ2v) is 12.0. The molecule has 7 nitrogen and oxygen atoms in total. The summed E-state index contributed by atoms with van der Waals surface area (Å²) in [5, 5.41) is 10.4. The molecule has 0 bridgehead atoms. The number of fused-ring (bicyclic) bond motifs is 4. The number of aryl methyl sites for hydroxylation is 2. The summed E-state index contributed by atoms with van der Waals surface area (Å²) in [6.07, 6.45) is 2.58. The molecule has 4 aromatic carbocycles. The SMILES string of the molecule is CCc1ccc2nc3c(C(=O)NC(CC)N(C)C(CC)NC(=O)c4cccc5cc6cc(CC)ccc6nc45)cccc3cc2c1. The Morgan fingerprint density at radius 3 is 1.43 bits per heavy atom. The van der Waals surface area contributed by atoms with Crippen LogP contribution in [0.4, 0.5) is 0 Å². The monoisotopic (exact) mass is 611 g/mol. The highest BCUT2D eigenvalue weighted by Crippen LogP contribution is 2.26. The number of carbonyl (C=O) groups excluding carboxylic acids is 2. The van der Waals surface area contributed by atoms with Gasteiger partial charge in [-0.05, 0) is 92.4 Å². The zero-order chi connectivity index (χ0) is 32.4. The number of nitrogens with zero attached hydrogens (tertiary/aromatic N) is 3. The largest absolute Gasteiger partial charge is 0.336 e. The average molecular weight is 612 g/mol. The van der Waals surface area contributed by atoms with Gasteiger partial charge in [0.1, 0.15) is 0 Å². The maximum absolute atomic E-state index is 13.7. The van der Waals surface area contributed by atoms with Crippen LogP contribution in [0.1, 0.15) is 72.4 Å². The van der Waals surface area contributed by atoms with Gasteiger partial charge in [-0.2, -0.15) is 0 Å². The minimum atomic E-state index is -0.317. The first-order chi connectivity index (χ1) is 22.3. The maximum atomic E-state index is 13.7. The summed E-state index contributed by atoms with van der Waals surface area (Å²) in [6.45, 7) is 8.33. The van der Waals surface area contributed by atoms with Crippen molar-refractivity contribution in [3.05, 3.63) is 107 Å². The molecule has 2 amide bonds. The molecular formula is C39H41N5O2. The standard InChI is InChI=1S/C39H41N5O2/c1-6-24-16-18-32-28(20-24)22-26-12-10-14-30(36(26)40-32)38(45)42-34(8-3)44(5)35(9-4)43-39(46)31-15-11-13-27-23-29-21-25(7-2)17-19-33(29)41-37(27)31/h10-23,34-35H,6-9H2,1-5H3,(H,42,45)(H,43,46). The van der Waals surface area contributed by atoms with Crippen molar-refractivity contribution in [1.29, 1.82) is 0 Å². The Morgan fingerprint density at radius 1 is 0.609 bits per heavy atom. The first kappa shape index (κ1) is 31.1. The van der Waals surface area contributed by atoms with Gasteiger partial charge in [0.15, 0.2) is 0 Å². The molecule has 46 heavy (non-hydrogen) atoms. The molecule has 0 spiro atoms. The van der Waals surface area contributed by atoms with E-state index in [4.69, 9.17) is 9.97 Å². The normalized spacial score (nSPS) is 13.0. The molecule has 0 aliphatic carbocycles. The summed E-state index contributed by atoms with van der Waals surface area (Å²) < 4.78 is 0. The van der Waals surface area contributed by atoms with E-state index < -0.39 is 0 Å². The lowest BCUT2D eigenvalue weighted by molar-refractivity contribution is 0.0701. The van der Waals surface area contributed by atoms with Crippen LogP contribution in [0.3, 0.4) is 0 Å². The number of amides is 2. The van der Waals surface area contributed by atoms with E-state index in [-0.39, 0.29) is 24.1 Å². The summed E-state index contributed by atoms with van der Waals surface area (Å²) in [6, 6.07) is 28.2. The first-order valence-corrected chi connectivity index (χ1v) is 16.3. The average Bonchev–Trinajstić information content (AvgIpc) is 3.09. The van der Waals surface area contributed by atoms with E-state index in [2.05, 4.69) is 60.9 Å². The third kappa shape index (κ3) is 6.03. The van der Waals surface area contributed by atoms with Gasteiger partial charge in [0, 0.05) is 21.5 Å². The molecule has 2 unspecified atom stereocenters. The minimum Gasteiger partial charge on any atom is -0.336 e. The topological polar surface area (TPSA) is 87.2 Å². The highest BCUT2D eigenvalue weighted by atomic mass is 16.2. The van der Waals surface area contributed by atoms with Gasteiger partial charge in [0.2, 0.25) is 0 Å². The quantitative estimate of drug-likeness (QED) is 0.122. The lowest BCUT2D eigenvalue weighted by Crippen LogP contribution is -2.55. The summed E-state index contributed by atoms with van der Waals surface area (Å²) in [5.41, 5.74) is 6.65. The number of rotatable bonds is 10. The molecular weight excluding hydrogens is 570 g/mol. The molecule has 0 saturated heterocycles. The highest BCUT2D eigenvalue weighted by Gasteiger charge is 2.26. The number of nitrogens with one attached hydrogen (secondary N) is 2. The van der Waals surface area contributed by atoms with Crippen molar-refractivity contribution in [1.82, 2.24) is 25.5 Å². The van der Waals surface area contributed by atoms with Crippen molar-refractivity contribution in [3.63, 3.8) is 0 Å². The Bertz CT molecular complexity index is 1940. The van der Waals surface area contributed by atoms with Crippen molar-refractivity contribution in [2.45, 2.75) is 65.7 Å². The Morgan fingerprint density at radius 2 is 1.04 bits per heavy atom. The third-order valence-electron chi connectivity index (χ3n) is 9.06. The van der Waals surface area contributed by atoms with Crippen LogP contribution in [0.5, 0.6) is 0 Å². The molecule has 6 rings (SSSR count). The van der Waals surface area contributed by atoms with Crippen LogP contribution in [0, 0.1) is 0 Å². The van der Waals surface area contributed by atoms with Gasteiger partial charge in [-0.3, -0.25) is 14.5 Å². The number of para-hydroxylation sites is 2. The van der Waals surface area contributed by atoms with Crippen molar-refractivity contribution in [2.75, 3.05) is 7.05 Å². The highest BCUT2D eigenvalue weighted by molar-refractivity contribution is 6.09. The summed E-state index contributed by atoms with van der Waals surface area (Å²) >= 11 is 0. The first-order valence-electron chi connectivity index (χ1n) is 16.3. The lowest BCUT2D eigenvalue weighted by Gasteiger charge is -2.35. The Labute approximate surface area is 270 Å². The molecule has 0 aliphatic heterocycles. The van der Waals surface area contributed by atoms with Gasteiger partial charge >= 0.3 is 0 Å². The number of aromatic nitrogens is 2. The Hall–Kier alpha value is -4.88. The van der Waals surface area contributed by atoms with E-state index >= 15 is 0 Å². The van der Waals surface area contributed by atoms with Gasteiger partial charge in [0.05, 0.1) is 45.5 Å². The van der Waals surface area contributed by atoms with E-state index in [9.17, 15) is 9.59 Å². The molecule has 7 heteroatoms. The van der Waals surface area contributed by atoms with Gasteiger partial charge in [-0.15, -0.1) is 0 Å². The van der Waals surface area contributed by atoms with Gasteiger partial charge in [0.25, 0.3) is 11.8 Å². The van der Waals surface area contributed by atoms with Gasteiger partial charge < -0.3 is 10.6 Å². The van der Waals surface area contributed by atoms with Crippen LogP contribution in [0.15, 0.2) is 84.9 Å². The third-order valence-corrected chi connectivity index (χ3v) is 9.06. The second-order valence-electron chi connectivity index (χ2n) is 12.0. The Balaban J connectivity index is 1.23. The number of hydrogen-bond acceptors (Lipinski definition) is 5. The molecule has 2 N–H and O–H groups in total. The van der Waals surface area contributed by atoms with Crippen molar-refractivity contribution in [3.8, 4) is 0 Å². The predicted molar refractivity (Wildman–Crippen MR) is 188 cm³/mol. The lowest BCUT2D eigenvalue weighted by atomic mass is 10.0. The van der Waals surface area contributed by atoms with Gasteiger partial charge in [-0.25, -0.2) is 9.97 Å². The van der Waals surface area contributed by atoms with Crippen molar-refractivity contribution < 1.29 is 9.59 Å². The van der Waals surface area contributed by atoms with E-state index in [0.29, 0.717) is 35.0 Å². The fourth-order valence-corrected chi connectivity index (χ4v) is 6.29. The molecule has 0 fully saturated rings. The van der Waals surface area contributed by atoms with Crippen LogP contribution in [-0.4, -0.2) is 46.1 Å². The second kappa shape index (κ2) is 13.2. The molecule has 0 saturated carbocycles. The van der Waals surface area contributed by atoms with E-state index in [1.165, 1.54) is 11.1 Å². The zero-order valence-electron chi connectivity index (χ0n) is 27.2. The van der Waals surface area contributed by atoms with Crippen molar-refractivity contribution in [2.24, 2.45) is 0 Å². The maximum Gasteiger partial charge on any atom is 0.254 e. The van der Waals surface area contributed by atoms with Crippen LogP contribution in [0.2, 0.25) is 0 Å². The molecule has 0 aliphatic rings. The van der Waals surface area contributed by atoms with E-state index in [1.54, 1.807) is 0 Å². The number of benzene rings is 4. The van der Waals surface area contributed by atoms with Crippen LogP contribution in [0.25, 0.3) is 43.6 Å². The smallest absolute Gasteiger partial charge is 0.254 e. The van der Waals surface area contributed by atoms with Crippen molar-refractivity contribution >= 4 is 55.4 Å². The van der Waals surface area contributed by atoms with Gasteiger partial charge in [-0.1, -0.05) is 64.1 Å². The van der Waals surface area contributed by atoms with Crippen LogP contribution < -0.4 is 10.6 Å². The van der Waals surface area contributed by atoms with Crippen LogP contribution in [-0.2, 0) is 12.8 Å². The molecule has 0 radical (unpaired) electrons. The molecule has 234 valence electrons. The molecule has 2 atom stereocenters. The predicted octanol–water partition coefficient (Wildman–Crippen LogP) is 7.78. The summed E-state index contributed by atoms with van der Waals surface area (Å²) in [7, 11) is 1.93. The minimum absolute atomic E-state index is 0.195. The molecule has 2 heterocycles. The fraction of sp³-hybridized carbons (Fsp3) is 0.282. The molecule has 6 aromatic rings. The number of pyridine rings is 2. The molecule has 2 aromatic heterocycles. The number of carbonyl (C=O) groups is 2. The van der Waals surface area contributed by atoms with E-state index in [0.717, 1.165) is 45.4 Å². The number of hydrogen-bond donors (Lipinski definition) is 2. The van der Waals surface area contributed by atoms with E-state index in [1.807, 2.05) is 74.3 Å². The summed E-state index contributed by atoms with van der Waals surface area (Å²) in [4.78, 5) is 39.3.